The van der Waals surface area contributed by atoms with Crippen LogP contribution in [-0.2, 0) is 0 Å². The molecule has 0 atom stereocenters. The van der Waals surface area contributed by atoms with Gasteiger partial charge < -0.3 is 10.2 Å². The molecule has 0 aliphatic carbocycles. The van der Waals surface area contributed by atoms with E-state index < -0.39 is 0 Å². The number of nitrogens with one attached hydrogen (secondary N) is 1. The van der Waals surface area contributed by atoms with Gasteiger partial charge in [-0.15, -0.1) is 6.58 Å². The van der Waals surface area contributed by atoms with Crippen molar-refractivity contribution in [3.8, 4) is 0 Å². The normalized spacial score (nSPS) is 15.2. The topological polar surface area (TPSA) is 58.1 Å². The van der Waals surface area contributed by atoms with Gasteiger partial charge in [0.25, 0.3) is 5.91 Å². The molecule has 1 aliphatic rings. The number of nitrogens with zero attached hydrogens (tertiary/aromatic N) is 3. The van der Waals surface area contributed by atoms with Crippen LogP contribution in [0.2, 0.25) is 0 Å². The molecular formula is C13H18N4O. The highest BCUT2D eigenvalue weighted by Gasteiger charge is 2.18. The molecular weight excluding hydrogens is 228 g/mol. The van der Waals surface area contributed by atoms with E-state index in [2.05, 4.69) is 21.9 Å². The van der Waals surface area contributed by atoms with Crippen LogP contribution in [0, 0.1) is 0 Å². The van der Waals surface area contributed by atoms with Gasteiger partial charge in [0.15, 0.2) is 0 Å². The lowest BCUT2D eigenvalue weighted by Crippen LogP contribution is -2.35. The molecule has 2 rings (SSSR count). The summed E-state index contributed by atoms with van der Waals surface area (Å²) in [5.74, 6) is 0.551. The Morgan fingerprint density at radius 3 is 2.61 bits per heavy atom. The summed E-state index contributed by atoms with van der Waals surface area (Å²) < 4.78 is 0. The van der Waals surface area contributed by atoms with Gasteiger partial charge in [0.05, 0.1) is 5.56 Å². The number of carbonyl (C=O) groups excluding carboxylic acids is 1. The summed E-state index contributed by atoms with van der Waals surface area (Å²) in [6.07, 6.45) is 8.28. The molecule has 1 saturated heterocycles. The smallest absolute Gasteiger partial charge is 0.256 e. The summed E-state index contributed by atoms with van der Waals surface area (Å²) >= 11 is 0. The molecule has 1 aliphatic heterocycles. The second-order valence-corrected chi connectivity index (χ2v) is 4.32. The van der Waals surface area contributed by atoms with E-state index in [0.717, 1.165) is 25.9 Å². The Morgan fingerprint density at radius 1 is 1.33 bits per heavy atom. The first kappa shape index (κ1) is 12.5. The largest absolute Gasteiger partial charge is 0.351 e. The van der Waals surface area contributed by atoms with Crippen molar-refractivity contribution in [1.82, 2.24) is 14.9 Å². The van der Waals surface area contributed by atoms with Crippen molar-refractivity contribution in [1.29, 1.82) is 0 Å². The van der Waals surface area contributed by atoms with E-state index in [1.165, 1.54) is 6.42 Å². The average molecular weight is 246 g/mol. The van der Waals surface area contributed by atoms with Crippen LogP contribution in [0.15, 0.2) is 25.0 Å². The molecule has 96 valence electrons. The number of rotatable bonds is 4. The molecule has 0 bridgehead atoms. The number of likely N-dealkylation sites (tertiary alicyclic amines) is 1. The zero-order chi connectivity index (χ0) is 12.8. The molecule has 18 heavy (non-hydrogen) atoms. The highest BCUT2D eigenvalue weighted by Crippen LogP contribution is 2.12. The summed E-state index contributed by atoms with van der Waals surface area (Å²) in [5, 5.41) is 2.97. The van der Waals surface area contributed by atoms with Crippen LogP contribution in [-0.4, -0.2) is 40.4 Å². The predicted molar refractivity (Wildman–Crippen MR) is 70.5 cm³/mol. The Bertz CT molecular complexity index is 410. The first-order valence-electron chi connectivity index (χ1n) is 6.27. The molecule has 1 N–H and O–H groups in total. The summed E-state index contributed by atoms with van der Waals surface area (Å²) in [4.78, 5) is 22.2. The van der Waals surface area contributed by atoms with Gasteiger partial charge in [-0.2, -0.15) is 0 Å². The minimum absolute atomic E-state index is 0.0324. The molecule has 0 radical (unpaired) electrons. The molecule has 1 aromatic heterocycles. The second-order valence-electron chi connectivity index (χ2n) is 4.32. The predicted octanol–water partition coefficient (Wildman–Crippen LogP) is 1.70. The molecule has 5 heteroatoms. The van der Waals surface area contributed by atoms with E-state index in [0.29, 0.717) is 18.1 Å². The average Bonchev–Trinajstić information content (AvgIpc) is 2.46. The van der Waals surface area contributed by atoms with Gasteiger partial charge in [-0.3, -0.25) is 4.79 Å². The Kier molecular flexibility index (Phi) is 4.28. The maximum atomic E-state index is 12.1. The third-order valence-corrected chi connectivity index (χ3v) is 2.95. The summed E-state index contributed by atoms with van der Waals surface area (Å²) in [5.41, 5.74) is 0.557. The van der Waals surface area contributed by atoms with Crippen molar-refractivity contribution in [3.63, 3.8) is 0 Å². The molecule has 0 aromatic carbocycles. The minimum atomic E-state index is 0.0324. The monoisotopic (exact) mass is 246 g/mol. The lowest BCUT2D eigenvalue weighted by atomic mass is 10.1. The summed E-state index contributed by atoms with van der Waals surface area (Å²) in [6, 6.07) is 0. The van der Waals surface area contributed by atoms with Crippen LogP contribution < -0.4 is 5.32 Å². The first-order chi connectivity index (χ1) is 8.81. The van der Waals surface area contributed by atoms with E-state index in [4.69, 9.17) is 0 Å². The number of hydrogen-bond acceptors (Lipinski definition) is 4. The third-order valence-electron chi connectivity index (χ3n) is 2.95. The fourth-order valence-electron chi connectivity index (χ4n) is 1.97. The molecule has 1 amide bonds. The van der Waals surface area contributed by atoms with Gasteiger partial charge in [-0.05, 0) is 19.3 Å². The fraction of sp³-hybridized carbons (Fsp3) is 0.462. The third kappa shape index (κ3) is 3.06. The van der Waals surface area contributed by atoms with Crippen molar-refractivity contribution in [2.45, 2.75) is 19.3 Å². The number of anilines is 1. The maximum Gasteiger partial charge on any atom is 0.256 e. The zero-order valence-corrected chi connectivity index (χ0v) is 10.4. The SMILES string of the molecule is C=CCNc1ncc(C(=O)N2CCCCC2)cn1. The lowest BCUT2D eigenvalue weighted by molar-refractivity contribution is 0.0723. The second kappa shape index (κ2) is 6.14. The van der Waals surface area contributed by atoms with Crippen molar-refractivity contribution < 1.29 is 4.79 Å². The van der Waals surface area contributed by atoms with Gasteiger partial charge in [0, 0.05) is 32.0 Å². The zero-order valence-electron chi connectivity index (χ0n) is 10.4. The Morgan fingerprint density at radius 2 is 2.00 bits per heavy atom. The molecule has 1 aromatic rings. The molecule has 5 nitrogen and oxygen atoms in total. The van der Waals surface area contributed by atoms with E-state index in [-0.39, 0.29) is 5.91 Å². The van der Waals surface area contributed by atoms with Gasteiger partial charge in [-0.25, -0.2) is 9.97 Å². The lowest BCUT2D eigenvalue weighted by Gasteiger charge is -2.26. The highest BCUT2D eigenvalue weighted by molar-refractivity contribution is 5.93. The summed E-state index contributed by atoms with van der Waals surface area (Å²) in [7, 11) is 0. The van der Waals surface area contributed by atoms with Gasteiger partial charge in [0.2, 0.25) is 5.95 Å². The van der Waals surface area contributed by atoms with Crippen LogP contribution in [0.25, 0.3) is 0 Å². The molecule has 2 heterocycles. The van der Waals surface area contributed by atoms with Crippen LogP contribution in [0.5, 0.6) is 0 Å². The van der Waals surface area contributed by atoms with Gasteiger partial charge >= 0.3 is 0 Å². The molecule has 0 saturated carbocycles. The van der Waals surface area contributed by atoms with Gasteiger partial charge in [-0.1, -0.05) is 6.08 Å². The van der Waals surface area contributed by atoms with E-state index >= 15 is 0 Å². The van der Waals surface area contributed by atoms with Crippen molar-refractivity contribution in [2.24, 2.45) is 0 Å². The number of amides is 1. The minimum Gasteiger partial charge on any atom is -0.351 e. The first-order valence-corrected chi connectivity index (χ1v) is 6.27. The van der Waals surface area contributed by atoms with E-state index in [1.807, 2.05) is 4.90 Å². The fourth-order valence-corrected chi connectivity index (χ4v) is 1.97. The Balaban J connectivity index is 1.99. The van der Waals surface area contributed by atoms with Crippen LogP contribution in [0.1, 0.15) is 29.6 Å². The van der Waals surface area contributed by atoms with Crippen molar-refractivity contribution in [3.05, 3.63) is 30.6 Å². The number of aromatic nitrogens is 2. The van der Waals surface area contributed by atoms with Crippen LogP contribution in [0.3, 0.4) is 0 Å². The summed E-state index contributed by atoms with van der Waals surface area (Å²) in [6.45, 7) is 5.90. The van der Waals surface area contributed by atoms with E-state index in [9.17, 15) is 4.79 Å². The van der Waals surface area contributed by atoms with Crippen molar-refractivity contribution >= 4 is 11.9 Å². The standard InChI is InChI=1S/C13H18N4O/c1-2-6-14-13-15-9-11(10-16-13)12(18)17-7-4-3-5-8-17/h2,9-10H,1,3-8H2,(H,14,15,16). The van der Waals surface area contributed by atoms with Crippen molar-refractivity contribution in [2.75, 3.05) is 25.0 Å². The van der Waals surface area contributed by atoms with Crippen LogP contribution >= 0.6 is 0 Å². The maximum absolute atomic E-state index is 12.1. The Labute approximate surface area is 107 Å². The highest BCUT2D eigenvalue weighted by atomic mass is 16.2. The van der Waals surface area contributed by atoms with Gasteiger partial charge in [0.1, 0.15) is 0 Å². The van der Waals surface area contributed by atoms with Crippen LogP contribution in [0.4, 0.5) is 5.95 Å². The van der Waals surface area contributed by atoms with E-state index in [1.54, 1.807) is 18.5 Å². The quantitative estimate of drug-likeness (QED) is 0.821. The number of hydrogen-bond donors (Lipinski definition) is 1. The molecule has 0 spiro atoms. The number of piperidine rings is 1. The molecule has 0 unspecified atom stereocenters. The number of carbonyl (C=O) groups is 1. The molecule has 1 fully saturated rings. The Hall–Kier alpha value is -1.91.